The molecule has 0 bridgehead atoms. The topological polar surface area (TPSA) is 45.2 Å². The number of benzene rings is 1. The minimum absolute atomic E-state index is 0.0165. The molecule has 1 aromatic heterocycles. The summed E-state index contributed by atoms with van der Waals surface area (Å²) < 4.78 is 0. The van der Waals surface area contributed by atoms with E-state index in [-0.39, 0.29) is 5.91 Å². The molecule has 0 unspecified atom stereocenters. The second kappa shape index (κ2) is 5.11. The van der Waals surface area contributed by atoms with Crippen molar-refractivity contribution in [2.24, 2.45) is 0 Å². The zero-order valence-corrected chi connectivity index (χ0v) is 11.5. The fraction of sp³-hybridized carbons (Fsp3) is 0.286. The summed E-state index contributed by atoms with van der Waals surface area (Å²) in [5.41, 5.74) is 6.08. The Hall–Kier alpha value is -1.72. The van der Waals surface area contributed by atoms with Gasteiger partial charge in [-0.25, -0.2) is 4.98 Å². The highest BCUT2D eigenvalue weighted by Gasteiger charge is 2.16. The van der Waals surface area contributed by atoms with Crippen molar-refractivity contribution in [3.05, 3.63) is 45.9 Å². The van der Waals surface area contributed by atoms with Crippen LogP contribution in [0.2, 0.25) is 0 Å². The number of nitrogens with zero attached hydrogens (tertiary/aromatic N) is 2. The third-order valence-corrected chi connectivity index (χ3v) is 3.83. The Bertz CT molecular complexity index is 595. The van der Waals surface area contributed by atoms with E-state index in [0.717, 1.165) is 24.5 Å². The predicted molar refractivity (Wildman–Crippen MR) is 76.1 cm³/mol. The Morgan fingerprint density at radius 1 is 1.42 bits per heavy atom. The van der Waals surface area contributed by atoms with Crippen molar-refractivity contribution < 1.29 is 4.79 Å². The molecule has 0 atom stereocenters. The maximum absolute atomic E-state index is 11.9. The van der Waals surface area contributed by atoms with Crippen LogP contribution in [-0.4, -0.2) is 22.8 Å². The summed E-state index contributed by atoms with van der Waals surface area (Å²) in [7, 11) is 2.10. The molecule has 0 aliphatic carbocycles. The number of rotatable bonds is 3. The summed E-state index contributed by atoms with van der Waals surface area (Å²) in [6, 6.07) is 6.13. The van der Waals surface area contributed by atoms with Gasteiger partial charge in [-0.3, -0.25) is 9.69 Å². The van der Waals surface area contributed by atoms with Crippen LogP contribution < -0.4 is 5.32 Å². The van der Waals surface area contributed by atoms with Crippen LogP contribution >= 0.6 is 11.3 Å². The number of anilines is 1. The van der Waals surface area contributed by atoms with Crippen molar-refractivity contribution in [2.75, 3.05) is 12.4 Å². The summed E-state index contributed by atoms with van der Waals surface area (Å²) in [5, 5.41) is 4.83. The second-order valence-electron chi connectivity index (χ2n) is 4.86. The molecule has 0 radical (unpaired) electrons. The summed E-state index contributed by atoms with van der Waals surface area (Å²) in [5.74, 6) is -0.0165. The molecule has 1 aliphatic rings. The fourth-order valence-electron chi connectivity index (χ4n) is 2.34. The zero-order valence-electron chi connectivity index (χ0n) is 10.7. The van der Waals surface area contributed by atoms with Gasteiger partial charge in [0, 0.05) is 24.2 Å². The minimum atomic E-state index is -0.0165. The third-order valence-electron chi connectivity index (χ3n) is 3.20. The molecule has 98 valence electrons. The standard InChI is InChI=1S/C14H15N3OS/c1-17-6-10-2-3-12(4-11(10)7-17)16-14(18)5-13-8-19-9-15-13/h2-4,8-9H,5-7H2,1H3,(H,16,18). The van der Waals surface area contributed by atoms with Crippen LogP contribution in [0, 0.1) is 0 Å². The van der Waals surface area contributed by atoms with Gasteiger partial charge in [0.05, 0.1) is 17.6 Å². The van der Waals surface area contributed by atoms with E-state index in [2.05, 4.69) is 34.4 Å². The maximum Gasteiger partial charge on any atom is 0.230 e. The molecule has 0 spiro atoms. The fourth-order valence-corrected chi connectivity index (χ4v) is 2.90. The van der Waals surface area contributed by atoms with E-state index in [1.54, 1.807) is 5.51 Å². The average molecular weight is 273 g/mol. The van der Waals surface area contributed by atoms with Gasteiger partial charge in [-0.05, 0) is 30.3 Å². The smallest absolute Gasteiger partial charge is 0.230 e. The number of carbonyl (C=O) groups is 1. The molecule has 0 saturated heterocycles. The summed E-state index contributed by atoms with van der Waals surface area (Å²) in [4.78, 5) is 18.3. The molecule has 3 rings (SSSR count). The Morgan fingerprint density at radius 3 is 3.05 bits per heavy atom. The average Bonchev–Trinajstić information content (AvgIpc) is 2.96. The number of carbonyl (C=O) groups excluding carboxylic acids is 1. The number of fused-ring (bicyclic) bond motifs is 1. The van der Waals surface area contributed by atoms with Crippen LogP contribution in [0.3, 0.4) is 0 Å². The quantitative estimate of drug-likeness (QED) is 0.933. The van der Waals surface area contributed by atoms with Gasteiger partial charge < -0.3 is 5.32 Å². The Labute approximate surface area is 116 Å². The molecule has 0 fully saturated rings. The normalized spacial score (nSPS) is 14.4. The first-order valence-electron chi connectivity index (χ1n) is 6.18. The van der Waals surface area contributed by atoms with Crippen LogP contribution in [-0.2, 0) is 24.3 Å². The molecule has 2 heterocycles. The number of aromatic nitrogens is 1. The highest BCUT2D eigenvalue weighted by Crippen LogP contribution is 2.24. The monoisotopic (exact) mass is 273 g/mol. The highest BCUT2D eigenvalue weighted by molar-refractivity contribution is 7.07. The van der Waals surface area contributed by atoms with Crippen LogP contribution in [0.15, 0.2) is 29.1 Å². The van der Waals surface area contributed by atoms with Gasteiger partial charge >= 0.3 is 0 Å². The van der Waals surface area contributed by atoms with E-state index in [0.29, 0.717) is 6.42 Å². The SMILES string of the molecule is CN1Cc2ccc(NC(=O)Cc3cscn3)cc2C1. The second-order valence-corrected chi connectivity index (χ2v) is 5.58. The first kappa shape index (κ1) is 12.3. The van der Waals surface area contributed by atoms with Gasteiger partial charge in [0.15, 0.2) is 0 Å². The molecular weight excluding hydrogens is 258 g/mol. The van der Waals surface area contributed by atoms with Crippen molar-refractivity contribution in [1.82, 2.24) is 9.88 Å². The van der Waals surface area contributed by atoms with Crippen LogP contribution in [0.1, 0.15) is 16.8 Å². The van der Waals surface area contributed by atoms with Crippen LogP contribution in [0.4, 0.5) is 5.69 Å². The van der Waals surface area contributed by atoms with E-state index in [1.807, 2.05) is 11.4 Å². The summed E-state index contributed by atoms with van der Waals surface area (Å²) >= 11 is 1.51. The first-order valence-corrected chi connectivity index (χ1v) is 7.12. The lowest BCUT2D eigenvalue weighted by molar-refractivity contribution is -0.115. The van der Waals surface area contributed by atoms with Gasteiger partial charge in [-0.1, -0.05) is 6.07 Å². The molecule has 1 aliphatic heterocycles. The molecule has 1 amide bonds. The maximum atomic E-state index is 11.9. The van der Waals surface area contributed by atoms with E-state index in [4.69, 9.17) is 0 Å². The highest BCUT2D eigenvalue weighted by atomic mass is 32.1. The molecule has 1 aromatic carbocycles. The molecule has 19 heavy (non-hydrogen) atoms. The van der Waals surface area contributed by atoms with Crippen molar-refractivity contribution in [3.63, 3.8) is 0 Å². The molecule has 4 nitrogen and oxygen atoms in total. The van der Waals surface area contributed by atoms with Gasteiger partial charge in [0.25, 0.3) is 0 Å². The summed E-state index contributed by atoms with van der Waals surface area (Å²) in [6.45, 7) is 1.94. The molecular formula is C14H15N3OS. The lowest BCUT2D eigenvalue weighted by atomic mass is 10.1. The Kier molecular flexibility index (Phi) is 3.31. The van der Waals surface area contributed by atoms with Gasteiger partial charge in [-0.15, -0.1) is 11.3 Å². The number of amides is 1. The van der Waals surface area contributed by atoms with Gasteiger partial charge in [0.1, 0.15) is 0 Å². The third kappa shape index (κ3) is 2.83. The van der Waals surface area contributed by atoms with Crippen molar-refractivity contribution >= 4 is 22.9 Å². The van der Waals surface area contributed by atoms with Gasteiger partial charge in [-0.2, -0.15) is 0 Å². The van der Waals surface area contributed by atoms with E-state index in [9.17, 15) is 4.79 Å². The predicted octanol–water partition coefficient (Wildman–Crippen LogP) is 2.27. The number of hydrogen-bond donors (Lipinski definition) is 1. The number of nitrogens with one attached hydrogen (secondary N) is 1. The van der Waals surface area contributed by atoms with E-state index < -0.39 is 0 Å². The summed E-state index contributed by atoms with van der Waals surface area (Å²) in [6.07, 6.45) is 0.334. The minimum Gasteiger partial charge on any atom is -0.326 e. The largest absolute Gasteiger partial charge is 0.326 e. The lowest BCUT2D eigenvalue weighted by Crippen LogP contribution is -2.14. The zero-order chi connectivity index (χ0) is 13.2. The molecule has 0 saturated carbocycles. The number of hydrogen-bond acceptors (Lipinski definition) is 4. The molecule has 2 aromatic rings. The first-order chi connectivity index (χ1) is 9.20. The Balaban J connectivity index is 1.67. The van der Waals surface area contributed by atoms with Crippen molar-refractivity contribution in [1.29, 1.82) is 0 Å². The van der Waals surface area contributed by atoms with Crippen LogP contribution in [0.5, 0.6) is 0 Å². The van der Waals surface area contributed by atoms with Crippen LogP contribution in [0.25, 0.3) is 0 Å². The van der Waals surface area contributed by atoms with Gasteiger partial charge in [0.2, 0.25) is 5.91 Å². The molecule has 5 heteroatoms. The van der Waals surface area contributed by atoms with Crippen molar-refractivity contribution in [2.45, 2.75) is 19.5 Å². The lowest BCUT2D eigenvalue weighted by Gasteiger charge is -2.06. The van der Waals surface area contributed by atoms with E-state index in [1.165, 1.54) is 22.5 Å². The number of thiazole rings is 1. The Morgan fingerprint density at radius 2 is 2.26 bits per heavy atom. The van der Waals surface area contributed by atoms with Crippen molar-refractivity contribution in [3.8, 4) is 0 Å². The van der Waals surface area contributed by atoms with E-state index >= 15 is 0 Å². The molecule has 1 N–H and O–H groups in total.